The Kier molecular flexibility index (Phi) is 5.43. The second-order valence-electron chi connectivity index (χ2n) is 4.62. The third-order valence-electron chi connectivity index (χ3n) is 3.12. The summed E-state index contributed by atoms with van der Waals surface area (Å²) in [5.74, 6) is 1.97. The van der Waals surface area contributed by atoms with Crippen molar-refractivity contribution in [3.8, 4) is 11.4 Å². The minimum absolute atomic E-state index is 0.618. The summed E-state index contributed by atoms with van der Waals surface area (Å²) in [7, 11) is 0. The minimum Gasteiger partial charge on any atom is -0.354 e. The lowest BCUT2D eigenvalue weighted by atomic mass is 10.3. The molecule has 2 rings (SSSR count). The van der Waals surface area contributed by atoms with Crippen molar-refractivity contribution in [3.05, 3.63) is 24.5 Å². The highest BCUT2D eigenvalue weighted by Crippen LogP contribution is 2.18. The van der Waals surface area contributed by atoms with E-state index in [9.17, 15) is 0 Å². The van der Waals surface area contributed by atoms with Crippen LogP contribution < -0.4 is 10.2 Å². The normalized spacial score (nSPS) is 10.4. The van der Waals surface area contributed by atoms with Crippen molar-refractivity contribution in [2.75, 3.05) is 29.9 Å². The monoisotopic (exact) mass is 286 g/mol. The minimum atomic E-state index is 0.618. The topological polar surface area (TPSA) is 66.8 Å². The quantitative estimate of drug-likeness (QED) is 0.844. The van der Waals surface area contributed by atoms with Gasteiger partial charge in [-0.3, -0.25) is 4.98 Å². The Balaban J connectivity index is 2.41. The lowest BCUT2D eigenvalue weighted by Gasteiger charge is -2.19. The van der Waals surface area contributed by atoms with Gasteiger partial charge in [0.15, 0.2) is 5.82 Å². The smallest absolute Gasteiger partial charge is 0.230 e. The van der Waals surface area contributed by atoms with E-state index in [2.05, 4.69) is 50.9 Å². The number of rotatable bonds is 7. The van der Waals surface area contributed by atoms with E-state index in [1.54, 1.807) is 12.4 Å². The predicted octanol–water partition coefficient (Wildman–Crippen LogP) is 2.60. The van der Waals surface area contributed by atoms with Crippen LogP contribution >= 0.6 is 0 Å². The van der Waals surface area contributed by atoms with E-state index >= 15 is 0 Å². The van der Waals surface area contributed by atoms with Crippen molar-refractivity contribution in [3.63, 3.8) is 0 Å². The second kappa shape index (κ2) is 7.52. The van der Waals surface area contributed by atoms with E-state index in [1.165, 1.54) is 0 Å². The molecule has 0 aliphatic carbocycles. The Labute approximate surface area is 125 Å². The van der Waals surface area contributed by atoms with Gasteiger partial charge in [-0.05, 0) is 32.4 Å². The lowest BCUT2D eigenvalue weighted by molar-refractivity contribution is 0.811. The summed E-state index contributed by atoms with van der Waals surface area (Å²) >= 11 is 0. The first-order valence-electron chi connectivity index (χ1n) is 7.43. The molecule has 0 aliphatic heterocycles. The zero-order valence-electron chi connectivity index (χ0n) is 12.9. The largest absolute Gasteiger partial charge is 0.354 e. The van der Waals surface area contributed by atoms with Crippen molar-refractivity contribution in [1.82, 2.24) is 19.9 Å². The van der Waals surface area contributed by atoms with Crippen LogP contribution in [-0.4, -0.2) is 39.6 Å². The molecule has 6 heteroatoms. The van der Waals surface area contributed by atoms with E-state index in [-0.39, 0.29) is 0 Å². The summed E-state index contributed by atoms with van der Waals surface area (Å²) in [5, 5.41) is 3.24. The van der Waals surface area contributed by atoms with E-state index in [4.69, 9.17) is 0 Å². The maximum absolute atomic E-state index is 4.58. The number of anilines is 2. The number of nitrogens with zero attached hydrogens (tertiary/aromatic N) is 5. The SMILES string of the molecule is CCCNc1nc(-c2cccnc2)nc(N(CC)CC)n1. The molecule has 0 aliphatic rings. The van der Waals surface area contributed by atoms with Crippen molar-refractivity contribution in [1.29, 1.82) is 0 Å². The molecule has 0 saturated carbocycles. The van der Waals surface area contributed by atoms with Gasteiger partial charge in [0.25, 0.3) is 0 Å². The van der Waals surface area contributed by atoms with Gasteiger partial charge in [-0.15, -0.1) is 0 Å². The molecule has 112 valence electrons. The van der Waals surface area contributed by atoms with Gasteiger partial charge in [0.1, 0.15) is 0 Å². The first-order valence-corrected chi connectivity index (χ1v) is 7.43. The van der Waals surface area contributed by atoms with Gasteiger partial charge < -0.3 is 10.2 Å². The van der Waals surface area contributed by atoms with Gasteiger partial charge in [0, 0.05) is 37.6 Å². The molecule has 0 fully saturated rings. The van der Waals surface area contributed by atoms with E-state index in [1.807, 2.05) is 12.1 Å². The van der Waals surface area contributed by atoms with Crippen LogP contribution in [0.25, 0.3) is 11.4 Å². The maximum atomic E-state index is 4.58. The van der Waals surface area contributed by atoms with Gasteiger partial charge in [-0.2, -0.15) is 15.0 Å². The average molecular weight is 286 g/mol. The van der Waals surface area contributed by atoms with Crippen LogP contribution in [0.3, 0.4) is 0 Å². The van der Waals surface area contributed by atoms with E-state index in [0.29, 0.717) is 17.7 Å². The van der Waals surface area contributed by atoms with Crippen molar-refractivity contribution >= 4 is 11.9 Å². The first-order chi connectivity index (χ1) is 10.3. The van der Waals surface area contributed by atoms with Crippen molar-refractivity contribution in [2.24, 2.45) is 0 Å². The fourth-order valence-corrected chi connectivity index (χ4v) is 1.95. The standard InChI is InChI=1S/C15H22N6/c1-4-9-17-14-18-13(12-8-7-10-16-11-12)19-15(20-14)21(5-2)6-3/h7-8,10-11H,4-6,9H2,1-3H3,(H,17,18,19,20). The fraction of sp³-hybridized carbons (Fsp3) is 0.467. The molecule has 2 heterocycles. The molecule has 0 unspecified atom stereocenters. The average Bonchev–Trinajstić information content (AvgIpc) is 2.55. The molecule has 6 nitrogen and oxygen atoms in total. The van der Waals surface area contributed by atoms with Gasteiger partial charge in [0.05, 0.1) is 0 Å². The molecular weight excluding hydrogens is 264 g/mol. The Hall–Kier alpha value is -2.24. The summed E-state index contributed by atoms with van der Waals surface area (Å²) in [6.45, 7) is 8.86. The number of hydrogen-bond donors (Lipinski definition) is 1. The van der Waals surface area contributed by atoms with Crippen LogP contribution in [-0.2, 0) is 0 Å². The van der Waals surface area contributed by atoms with Crippen LogP contribution in [0.4, 0.5) is 11.9 Å². The van der Waals surface area contributed by atoms with Crippen LogP contribution in [0.2, 0.25) is 0 Å². The zero-order chi connectivity index (χ0) is 15.1. The maximum Gasteiger partial charge on any atom is 0.230 e. The number of pyridine rings is 1. The zero-order valence-corrected chi connectivity index (χ0v) is 12.9. The van der Waals surface area contributed by atoms with Crippen molar-refractivity contribution < 1.29 is 0 Å². The fourth-order valence-electron chi connectivity index (χ4n) is 1.95. The highest BCUT2D eigenvalue weighted by Gasteiger charge is 2.12. The molecule has 0 spiro atoms. The van der Waals surface area contributed by atoms with E-state index < -0.39 is 0 Å². The molecule has 0 radical (unpaired) electrons. The summed E-state index contributed by atoms with van der Waals surface area (Å²) in [4.78, 5) is 19.8. The molecule has 0 bridgehead atoms. The van der Waals surface area contributed by atoms with Crippen molar-refractivity contribution in [2.45, 2.75) is 27.2 Å². The van der Waals surface area contributed by atoms with Gasteiger partial charge in [0.2, 0.25) is 11.9 Å². The lowest BCUT2D eigenvalue weighted by Crippen LogP contribution is -2.25. The Morgan fingerprint density at radius 2 is 1.90 bits per heavy atom. The predicted molar refractivity (Wildman–Crippen MR) is 85.4 cm³/mol. The molecule has 0 aromatic carbocycles. The highest BCUT2D eigenvalue weighted by atomic mass is 15.3. The highest BCUT2D eigenvalue weighted by molar-refractivity contribution is 5.57. The summed E-state index contributed by atoms with van der Waals surface area (Å²) in [5.41, 5.74) is 0.896. The van der Waals surface area contributed by atoms with Gasteiger partial charge in [-0.1, -0.05) is 6.92 Å². The molecule has 21 heavy (non-hydrogen) atoms. The molecule has 0 saturated heterocycles. The molecule has 1 N–H and O–H groups in total. The van der Waals surface area contributed by atoms with Crippen LogP contribution in [0.5, 0.6) is 0 Å². The molecule has 2 aromatic rings. The number of nitrogens with one attached hydrogen (secondary N) is 1. The van der Waals surface area contributed by atoms with Gasteiger partial charge >= 0.3 is 0 Å². The Bertz CT molecular complexity index is 553. The summed E-state index contributed by atoms with van der Waals surface area (Å²) in [6.07, 6.45) is 4.53. The molecule has 2 aromatic heterocycles. The van der Waals surface area contributed by atoms with E-state index in [0.717, 1.165) is 31.6 Å². The summed E-state index contributed by atoms with van der Waals surface area (Å²) < 4.78 is 0. The molecule has 0 amide bonds. The third-order valence-corrected chi connectivity index (χ3v) is 3.12. The Morgan fingerprint density at radius 3 is 2.52 bits per heavy atom. The summed E-state index contributed by atoms with van der Waals surface area (Å²) in [6, 6.07) is 3.84. The first kappa shape index (κ1) is 15.2. The van der Waals surface area contributed by atoms with Gasteiger partial charge in [-0.25, -0.2) is 0 Å². The van der Waals surface area contributed by atoms with Crippen LogP contribution in [0.15, 0.2) is 24.5 Å². The Morgan fingerprint density at radius 1 is 1.10 bits per heavy atom. The third kappa shape index (κ3) is 3.87. The second-order valence-corrected chi connectivity index (χ2v) is 4.62. The number of aromatic nitrogens is 4. The van der Waals surface area contributed by atoms with Crippen LogP contribution in [0.1, 0.15) is 27.2 Å². The number of hydrogen-bond acceptors (Lipinski definition) is 6. The molecule has 0 atom stereocenters. The van der Waals surface area contributed by atoms with Crippen LogP contribution in [0, 0.1) is 0 Å². The molecular formula is C15H22N6.